The van der Waals surface area contributed by atoms with Crippen molar-refractivity contribution in [2.75, 3.05) is 13.7 Å². The second kappa shape index (κ2) is 7.43. The smallest absolute Gasteiger partial charge is 0.0847 e. The number of nitrogens with one attached hydrogen (secondary N) is 1. The highest BCUT2D eigenvalue weighted by Gasteiger charge is 2.22. The number of halogens is 1. The molecule has 1 aromatic rings. The fourth-order valence-electron chi connectivity index (χ4n) is 2.91. The maximum atomic E-state index is 6.39. The third-order valence-electron chi connectivity index (χ3n) is 4.12. The predicted octanol–water partition coefficient (Wildman–Crippen LogP) is 2.95. The quantitative estimate of drug-likeness (QED) is 0.878. The second-order valence-electron chi connectivity index (χ2n) is 5.58. The third kappa shape index (κ3) is 3.74. The summed E-state index contributed by atoms with van der Waals surface area (Å²) in [4.78, 5) is 0. The minimum atomic E-state index is 0.386. The van der Waals surface area contributed by atoms with E-state index in [1.165, 1.54) is 19.3 Å². The molecule has 5 heteroatoms. The summed E-state index contributed by atoms with van der Waals surface area (Å²) in [5, 5.41) is 8.71. The fourth-order valence-corrected chi connectivity index (χ4v) is 3.12. The summed E-state index contributed by atoms with van der Waals surface area (Å²) < 4.78 is 7.86. The van der Waals surface area contributed by atoms with E-state index in [1.807, 2.05) is 18.7 Å². The van der Waals surface area contributed by atoms with Gasteiger partial charge in [-0.15, -0.1) is 0 Å². The number of ether oxygens (including phenoxy) is 1. The predicted molar refractivity (Wildman–Crippen MR) is 82.4 cm³/mol. The van der Waals surface area contributed by atoms with Crippen LogP contribution in [0.1, 0.15) is 44.0 Å². The molecule has 1 fully saturated rings. The van der Waals surface area contributed by atoms with Gasteiger partial charge >= 0.3 is 0 Å². The Morgan fingerprint density at radius 3 is 2.90 bits per heavy atom. The van der Waals surface area contributed by atoms with E-state index in [0.717, 1.165) is 42.4 Å². The van der Waals surface area contributed by atoms with Crippen molar-refractivity contribution in [2.24, 2.45) is 0 Å². The molecule has 2 rings (SSSR count). The summed E-state index contributed by atoms with van der Waals surface area (Å²) in [6.45, 7) is 5.84. The number of rotatable bonds is 6. The van der Waals surface area contributed by atoms with Gasteiger partial charge in [0.15, 0.2) is 0 Å². The molecule has 0 aromatic carbocycles. The summed E-state index contributed by atoms with van der Waals surface area (Å²) >= 11 is 6.39. The van der Waals surface area contributed by atoms with Crippen LogP contribution in [0.4, 0.5) is 0 Å². The van der Waals surface area contributed by atoms with E-state index < -0.39 is 0 Å². The van der Waals surface area contributed by atoms with Gasteiger partial charge in [-0.25, -0.2) is 0 Å². The minimum Gasteiger partial charge on any atom is -0.378 e. The Hall–Kier alpha value is -0.580. The molecule has 2 atom stereocenters. The van der Waals surface area contributed by atoms with Crippen LogP contribution in [0.2, 0.25) is 5.02 Å². The summed E-state index contributed by atoms with van der Waals surface area (Å²) in [6.07, 6.45) is 6.00. The number of hydrogen-bond acceptors (Lipinski definition) is 3. The standard InChI is InChI=1S/C15H26ClN3O/c1-4-19-14(15(16)11(2)18-19)10-12(17-3)9-13-7-5-6-8-20-13/h12-13,17H,4-10H2,1-3H3. The molecule has 20 heavy (non-hydrogen) atoms. The Bertz CT molecular complexity index is 427. The van der Waals surface area contributed by atoms with Crippen LogP contribution in [-0.4, -0.2) is 35.6 Å². The van der Waals surface area contributed by atoms with Gasteiger partial charge in [-0.05, 0) is 46.6 Å². The Labute approximate surface area is 126 Å². The van der Waals surface area contributed by atoms with Gasteiger partial charge in [0.05, 0.1) is 22.5 Å². The topological polar surface area (TPSA) is 39.1 Å². The number of hydrogen-bond donors (Lipinski definition) is 1. The van der Waals surface area contributed by atoms with Crippen molar-refractivity contribution < 1.29 is 4.74 Å². The number of aromatic nitrogens is 2. The number of likely N-dealkylation sites (N-methyl/N-ethyl adjacent to an activating group) is 1. The van der Waals surface area contributed by atoms with E-state index >= 15 is 0 Å². The lowest BCUT2D eigenvalue weighted by atomic mass is 9.99. The minimum absolute atomic E-state index is 0.386. The van der Waals surface area contributed by atoms with Crippen LogP contribution in [0.5, 0.6) is 0 Å². The molecule has 0 spiro atoms. The van der Waals surface area contributed by atoms with E-state index in [4.69, 9.17) is 16.3 Å². The monoisotopic (exact) mass is 299 g/mol. The first-order valence-corrected chi connectivity index (χ1v) is 8.04. The molecule has 0 amide bonds. The zero-order chi connectivity index (χ0) is 14.5. The van der Waals surface area contributed by atoms with Gasteiger partial charge in [0.2, 0.25) is 0 Å². The first-order valence-electron chi connectivity index (χ1n) is 7.66. The maximum absolute atomic E-state index is 6.39. The Kier molecular flexibility index (Phi) is 5.87. The molecule has 2 heterocycles. The van der Waals surface area contributed by atoms with E-state index in [2.05, 4.69) is 17.3 Å². The molecule has 1 aliphatic heterocycles. The first kappa shape index (κ1) is 15.8. The fraction of sp³-hybridized carbons (Fsp3) is 0.800. The Morgan fingerprint density at radius 2 is 2.30 bits per heavy atom. The van der Waals surface area contributed by atoms with E-state index in [1.54, 1.807) is 0 Å². The van der Waals surface area contributed by atoms with Crippen LogP contribution >= 0.6 is 11.6 Å². The van der Waals surface area contributed by atoms with Crippen LogP contribution in [-0.2, 0) is 17.7 Å². The number of aryl methyl sites for hydroxylation is 2. The summed E-state index contributed by atoms with van der Waals surface area (Å²) in [6, 6.07) is 0.386. The van der Waals surface area contributed by atoms with E-state index in [0.29, 0.717) is 12.1 Å². The lowest BCUT2D eigenvalue weighted by molar-refractivity contribution is 0.00558. The molecule has 0 bridgehead atoms. The number of nitrogens with zero attached hydrogens (tertiary/aromatic N) is 2. The van der Waals surface area contributed by atoms with Gasteiger partial charge in [0.25, 0.3) is 0 Å². The van der Waals surface area contributed by atoms with Crippen molar-refractivity contribution in [1.29, 1.82) is 0 Å². The van der Waals surface area contributed by atoms with Crippen molar-refractivity contribution in [1.82, 2.24) is 15.1 Å². The van der Waals surface area contributed by atoms with Crippen molar-refractivity contribution >= 4 is 11.6 Å². The summed E-state index contributed by atoms with van der Waals surface area (Å²) in [5.41, 5.74) is 2.06. The average Bonchev–Trinajstić information content (AvgIpc) is 2.75. The Morgan fingerprint density at radius 1 is 1.50 bits per heavy atom. The van der Waals surface area contributed by atoms with Gasteiger partial charge in [-0.1, -0.05) is 11.6 Å². The van der Waals surface area contributed by atoms with Crippen LogP contribution in [0, 0.1) is 6.92 Å². The largest absolute Gasteiger partial charge is 0.378 e. The molecular weight excluding hydrogens is 274 g/mol. The maximum Gasteiger partial charge on any atom is 0.0847 e. The highest BCUT2D eigenvalue weighted by atomic mass is 35.5. The van der Waals surface area contributed by atoms with Crippen LogP contribution in [0.15, 0.2) is 0 Å². The molecule has 1 N–H and O–H groups in total. The van der Waals surface area contributed by atoms with Gasteiger partial charge in [0, 0.05) is 25.6 Å². The molecule has 1 saturated heterocycles. The Balaban J connectivity index is 2.02. The van der Waals surface area contributed by atoms with Crippen molar-refractivity contribution in [3.8, 4) is 0 Å². The molecule has 2 unspecified atom stereocenters. The third-order valence-corrected chi connectivity index (χ3v) is 4.61. The van der Waals surface area contributed by atoms with Gasteiger partial charge in [0.1, 0.15) is 0 Å². The second-order valence-corrected chi connectivity index (χ2v) is 5.95. The molecule has 0 aliphatic carbocycles. The van der Waals surface area contributed by atoms with E-state index in [-0.39, 0.29) is 0 Å². The first-order chi connectivity index (χ1) is 9.65. The molecule has 0 saturated carbocycles. The highest BCUT2D eigenvalue weighted by Crippen LogP contribution is 2.24. The highest BCUT2D eigenvalue weighted by molar-refractivity contribution is 6.31. The molecule has 1 aliphatic rings. The zero-order valence-corrected chi connectivity index (χ0v) is 13.5. The van der Waals surface area contributed by atoms with Crippen LogP contribution in [0.25, 0.3) is 0 Å². The SMILES string of the molecule is CCn1nc(C)c(Cl)c1CC(CC1CCCCO1)NC. The molecule has 1 aromatic heterocycles. The molecule has 0 radical (unpaired) electrons. The van der Waals surface area contributed by atoms with Crippen molar-refractivity contribution in [3.63, 3.8) is 0 Å². The average molecular weight is 300 g/mol. The lowest BCUT2D eigenvalue weighted by Crippen LogP contribution is -2.34. The van der Waals surface area contributed by atoms with Crippen molar-refractivity contribution in [2.45, 2.75) is 64.6 Å². The van der Waals surface area contributed by atoms with Gasteiger partial charge in [-0.3, -0.25) is 4.68 Å². The normalized spacial score (nSPS) is 21.1. The van der Waals surface area contributed by atoms with Gasteiger partial charge < -0.3 is 10.1 Å². The van der Waals surface area contributed by atoms with Crippen LogP contribution in [0.3, 0.4) is 0 Å². The van der Waals surface area contributed by atoms with Gasteiger partial charge in [-0.2, -0.15) is 5.10 Å². The summed E-state index contributed by atoms with van der Waals surface area (Å²) in [5.74, 6) is 0. The molecule has 114 valence electrons. The lowest BCUT2D eigenvalue weighted by Gasteiger charge is -2.27. The van der Waals surface area contributed by atoms with Crippen LogP contribution < -0.4 is 5.32 Å². The molecular formula is C15H26ClN3O. The van der Waals surface area contributed by atoms with Crippen molar-refractivity contribution in [3.05, 3.63) is 16.4 Å². The zero-order valence-electron chi connectivity index (χ0n) is 12.8. The molecule has 4 nitrogen and oxygen atoms in total. The van der Waals surface area contributed by atoms with E-state index in [9.17, 15) is 0 Å². The summed E-state index contributed by atoms with van der Waals surface area (Å²) in [7, 11) is 2.01.